The molecular formula is C32H40N6O. The zero-order valence-electron chi connectivity index (χ0n) is 23.2. The van der Waals surface area contributed by atoms with E-state index in [2.05, 4.69) is 93.1 Å². The molecule has 0 unspecified atom stereocenters. The molecule has 2 fully saturated rings. The van der Waals surface area contributed by atoms with Crippen LogP contribution in [0.1, 0.15) is 34.3 Å². The summed E-state index contributed by atoms with van der Waals surface area (Å²) in [6.45, 7) is 8.16. The highest BCUT2D eigenvalue weighted by molar-refractivity contribution is 5.97. The number of nitrogens with zero attached hydrogens (tertiary/aromatic N) is 3. The summed E-state index contributed by atoms with van der Waals surface area (Å²) in [6.07, 6.45) is 6.66. The van der Waals surface area contributed by atoms with Gasteiger partial charge in [0.25, 0.3) is 5.91 Å². The molecule has 2 aromatic carbocycles. The second kappa shape index (κ2) is 11.3. The molecule has 3 N–H and O–H groups in total. The lowest BCUT2D eigenvalue weighted by Gasteiger charge is -2.34. The number of nitrogens with one attached hydrogen (secondary N) is 3. The largest absolute Gasteiger partial charge is 0.369 e. The minimum atomic E-state index is 0.0143. The number of H-pyrrole nitrogens is 1. The number of carbonyl (C=O) groups excluding carboxylic acids is 1. The fraction of sp³-hybridized carbons (Fsp3) is 0.406. The molecule has 1 amide bonds. The predicted molar refractivity (Wildman–Crippen MR) is 161 cm³/mol. The lowest BCUT2D eigenvalue weighted by atomic mass is 9.95. The maximum Gasteiger partial charge on any atom is 0.251 e. The van der Waals surface area contributed by atoms with E-state index in [0.717, 1.165) is 82.1 Å². The molecular weight excluding hydrogens is 484 g/mol. The van der Waals surface area contributed by atoms with E-state index in [1.807, 2.05) is 12.1 Å². The first-order chi connectivity index (χ1) is 19.0. The molecule has 39 heavy (non-hydrogen) atoms. The van der Waals surface area contributed by atoms with Crippen molar-refractivity contribution in [2.75, 3.05) is 76.7 Å². The monoisotopic (exact) mass is 524 g/mol. The van der Waals surface area contributed by atoms with Crippen LogP contribution in [0.25, 0.3) is 22.8 Å². The molecule has 6 rings (SSSR count). The predicted octanol–water partition coefficient (Wildman–Crippen LogP) is 4.47. The molecule has 3 aliphatic heterocycles. The van der Waals surface area contributed by atoms with Gasteiger partial charge >= 0.3 is 0 Å². The second-order valence-corrected chi connectivity index (χ2v) is 11.4. The van der Waals surface area contributed by atoms with Crippen LogP contribution in [0.5, 0.6) is 0 Å². The van der Waals surface area contributed by atoms with Crippen LogP contribution in [0.2, 0.25) is 0 Å². The average molecular weight is 525 g/mol. The highest BCUT2D eigenvalue weighted by Crippen LogP contribution is 2.36. The zero-order chi connectivity index (χ0) is 26.8. The van der Waals surface area contributed by atoms with Crippen molar-refractivity contribution in [2.24, 2.45) is 5.92 Å². The molecule has 0 spiro atoms. The molecule has 2 saturated heterocycles. The van der Waals surface area contributed by atoms with E-state index in [1.165, 1.54) is 22.4 Å². The number of piperidine rings is 1. The number of likely N-dealkylation sites (N-methyl/N-ethyl adjacent to an activating group) is 1. The highest BCUT2D eigenvalue weighted by Gasteiger charge is 2.20. The Morgan fingerprint density at radius 3 is 2.26 bits per heavy atom. The van der Waals surface area contributed by atoms with Crippen LogP contribution in [0.3, 0.4) is 0 Å². The number of carbonyl (C=O) groups is 1. The topological polar surface area (TPSA) is 66.6 Å². The number of likely N-dealkylation sites (tertiary alicyclic amines) is 1. The number of rotatable bonds is 6. The van der Waals surface area contributed by atoms with Gasteiger partial charge in [-0.3, -0.25) is 4.79 Å². The Bertz CT molecular complexity index is 1310. The van der Waals surface area contributed by atoms with Crippen LogP contribution in [-0.4, -0.2) is 87.1 Å². The fourth-order valence-electron chi connectivity index (χ4n) is 5.92. The normalized spacial score (nSPS) is 18.8. The Morgan fingerprint density at radius 2 is 1.54 bits per heavy atom. The molecule has 1 aromatic heterocycles. The van der Waals surface area contributed by atoms with Crippen LogP contribution in [0.15, 0.2) is 54.7 Å². The van der Waals surface area contributed by atoms with Gasteiger partial charge in [0.1, 0.15) is 5.82 Å². The third-order valence-corrected chi connectivity index (χ3v) is 8.65. The van der Waals surface area contributed by atoms with E-state index in [4.69, 9.17) is 0 Å². The number of fused-ring (bicyclic) bond motifs is 1. The van der Waals surface area contributed by atoms with E-state index in [0.29, 0.717) is 11.5 Å². The molecule has 3 aliphatic rings. The number of amides is 1. The summed E-state index contributed by atoms with van der Waals surface area (Å²) in [5.74, 6) is 1.63. The Labute approximate surface area is 231 Å². The van der Waals surface area contributed by atoms with Crippen LogP contribution >= 0.6 is 0 Å². The number of anilines is 2. The van der Waals surface area contributed by atoms with E-state index in [9.17, 15) is 4.79 Å². The van der Waals surface area contributed by atoms with Gasteiger partial charge in [0.05, 0.1) is 0 Å². The fourth-order valence-corrected chi connectivity index (χ4v) is 5.92. The zero-order valence-corrected chi connectivity index (χ0v) is 23.2. The summed E-state index contributed by atoms with van der Waals surface area (Å²) in [4.78, 5) is 23.4. The third kappa shape index (κ3) is 5.75. The summed E-state index contributed by atoms with van der Waals surface area (Å²) in [7, 11) is 4.35. The van der Waals surface area contributed by atoms with E-state index in [1.54, 1.807) is 0 Å². The molecule has 3 aromatic rings. The molecule has 0 bridgehead atoms. The van der Waals surface area contributed by atoms with E-state index >= 15 is 0 Å². The minimum absolute atomic E-state index is 0.0143. The quantitative estimate of drug-likeness (QED) is 0.444. The summed E-state index contributed by atoms with van der Waals surface area (Å²) in [6, 6.07) is 17.0. The third-order valence-electron chi connectivity index (χ3n) is 8.65. The van der Waals surface area contributed by atoms with Crippen molar-refractivity contribution in [1.29, 1.82) is 0 Å². The molecule has 4 heterocycles. The van der Waals surface area contributed by atoms with Crippen molar-refractivity contribution in [3.63, 3.8) is 0 Å². The number of benzene rings is 2. The Morgan fingerprint density at radius 1 is 0.872 bits per heavy atom. The van der Waals surface area contributed by atoms with Gasteiger partial charge in [-0.1, -0.05) is 24.3 Å². The number of aromatic nitrogens is 1. The minimum Gasteiger partial charge on any atom is -0.369 e. The molecule has 204 valence electrons. The van der Waals surface area contributed by atoms with Crippen molar-refractivity contribution in [3.8, 4) is 11.1 Å². The number of piperazine rings is 1. The average Bonchev–Trinajstić information content (AvgIpc) is 3.41. The molecule has 0 aliphatic carbocycles. The van der Waals surface area contributed by atoms with Crippen LogP contribution in [0, 0.1) is 5.92 Å². The number of hydrogen-bond donors (Lipinski definition) is 3. The first kappa shape index (κ1) is 25.7. The summed E-state index contributed by atoms with van der Waals surface area (Å²) < 4.78 is 0. The summed E-state index contributed by atoms with van der Waals surface area (Å²) in [5, 5.41) is 6.71. The Kier molecular flexibility index (Phi) is 7.44. The lowest BCUT2D eigenvalue weighted by molar-refractivity contribution is 0.0939. The molecule has 7 heteroatoms. The van der Waals surface area contributed by atoms with Gasteiger partial charge in [-0.15, -0.1) is 0 Å². The van der Waals surface area contributed by atoms with Crippen molar-refractivity contribution >= 4 is 29.1 Å². The SMILES string of the molecule is CN1CCC(CNC(=O)c2ccc(-c3c[nH]c4c3C=C(c3ccc(N5CCN(C)CC5)cc3)CN4)cc2)CC1. The van der Waals surface area contributed by atoms with Gasteiger partial charge in [0.2, 0.25) is 0 Å². The van der Waals surface area contributed by atoms with Gasteiger partial charge in [-0.25, -0.2) is 0 Å². The Hall–Kier alpha value is -3.55. The standard InChI is InChI=1S/C32H40N6O/c1-36-13-11-23(12-14-36)20-35-32(39)26-5-3-25(4-6-26)30-22-34-31-29(30)19-27(21-33-31)24-7-9-28(10-8-24)38-17-15-37(2)16-18-38/h3-10,19,22-23,33-34H,11-18,20-21H2,1-2H3,(H,35,39). The van der Waals surface area contributed by atoms with Crippen molar-refractivity contribution in [1.82, 2.24) is 20.1 Å². The van der Waals surface area contributed by atoms with Gasteiger partial charge in [-0.2, -0.15) is 0 Å². The molecule has 0 atom stereocenters. The first-order valence-electron chi connectivity index (χ1n) is 14.3. The maximum atomic E-state index is 12.8. The van der Waals surface area contributed by atoms with Gasteiger partial charge in [-0.05, 0) is 93.0 Å². The summed E-state index contributed by atoms with van der Waals surface area (Å²) in [5.41, 5.74) is 7.94. The maximum absolute atomic E-state index is 12.8. The first-order valence-corrected chi connectivity index (χ1v) is 14.3. The highest BCUT2D eigenvalue weighted by atomic mass is 16.1. The van der Waals surface area contributed by atoms with Gasteiger partial charge in [0.15, 0.2) is 0 Å². The van der Waals surface area contributed by atoms with Crippen molar-refractivity contribution in [3.05, 3.63) is 71.4 Å². The van der Waals surface area contributed by atoms with Crippen LogP contribution < -0.4 is 15.5 Å². The second-order valence-electron chi connectivity index (χ2n) is 11.4. The molecule has 7 nitrogen and oxygen atoms in total. The van der Waals surface area contributed by atoms with E-state index in [-0.39, 0.29) is 5.91 Å². The van der Waals surface area contributed by atoms with Crippen molar-refractivity contribution < 1.29 is 4.79 Å². The molecule has 0 radical (unpaired) electrons. The number of hydrogen-bond acceptors (Lipinski definition) is 5. The van der Waals surface area contributed by atoms with Crippen molar-refractivity contribution in [2.45, 2.75) is 12.8 Å². The van der Waals surface area contributed by atoms with Crippen LogP contribution in [-0.2, 0) is 0 Å². The summed E-state index contributed by atoms with van der Waals surface area (Å²) >= 11 is 0. The molecule has 0 saturated carbocycles. The number of aromatic amines is 1. The lowest BCUT2D eigenvalue weighted by Crippen LogP contribution is -2.44. The van der Waals surface area contributed by atoms with Gasteiger partial charge in [0, 0.05) is 67.8 Å². The Balaban J connectivity index is 1.13. The van der Waals surface area contributed by atoms with E-state index < -0.39 is 0 Å². The van der Waals surface area contributed by atoms with Gasteiger partial charge < -0.3 is 30.3 Å². The van der Waals surface area contributed by atoms with Crippen LogP contribution in [0.4, 0.5) is 11.5 Å². The smallest absolute Gasteiger partial charge is 0.251 e.